The molecular formula is C10H23NO3. The summed E-state index contributed by atoms with van der Waals surface area (Å²) < 4.78 is 4.76. The first-order valence-corrected chi connectivity index (χ1v) is 4.92. The molecule has 0 saturated carbocycles. The van der Waals surface area contributed by atoms with E-state index in [1.54, 1.807) is 6.92 Å². The van der Waals surface area contributed by atoms with Gasteiger partial charge in [0.2, 0.25) is 0 Å². The van der Waals surface area contributed by atoms with Gasteiger partial charge in [-0.25, -0.2) is 0 Å². The number of hydrogen-bond donors (Lipinski definition) is 2. The van der Waals surface area contributed by atoms with Gasteiger partial charge >= 0.3 is 0 Å². The first kappa shape index (κ1) is 16.0. The smallest absolute Gasteiger partial charge is 0.130 e. The number of aliphatic hydroxyl groups excluding tert-OH is 1. The Morgan fingerprint density at radius 2 is 2.00 bits per heavy atom. The van der Waals surface area contributed by atoms with Crippen molar-refractivity contribution in [3.8, 4) is 0 Å². The van der Waals surface area contributed by atoms with Gasteiger partial charge in [-0.3, -0.25) is 0 Å². The quantitative estimate of drug-likeness (QED) is 0.622. The molecule has 0 aromatic carbocycles. The minimum Gasteiger partial charge on any atom is -0.394 e. The van der Waals surface area contributed by atoms with Crippen molar-refractivity contribution in [1.29, 1.82) is 0 Å². The average molecular weight is 205 g/mol. The van der Waals surface area contributed by atoms with Crippen molar-refractivity contribution in [2.75, 3.05) is 26.4 Å². The first-order valence-electron chi connectivity index (χ1n) is 4.92. The van der Waals surface area contributed by atoms with Gasteiger partial charge in [0, 0.05) is 13.0 Å². The minimum absolute atomic E-state index is 0.0833. The van der Waals surface area contributed by atoms with Crippen LogP contribution >= 0.6 is 0 Å². The molecule has 0 unspecified atom stereocenters. The zero-order valence-corrected chi connectivity index (χ0v) is 9.45. The number of hydrogen-bond acceptors (Lipinski definition) is 4. The van der Waals surface area contributed by atoms with E-state index in [9.17, 15) is 4.79 Å². The van der Waals surface area contributed by atoms with Crippen LogP contribution in [0.4, 0.5) is 0 Å². The van der Waals surface area contributed by atoms with Gasteiger partial charge in [0.1, 0.15) is 5.78 Å². The van der Waals surface area contributed by atoms with Crippen LogP contribution in [-0.2, 0) is 9.53 Å². The number of carbonyl (C=O) groups excluding carboxylic acids is 1. The Bertz CT molecular complexity index is 123. The molecule has 0 aromatic heterocycles. The van der Waals surface area contributed by atoms with Crippen LogP contribution in [0.3, 0.4) is 0 Å². The molecule has 4 heteroatoms. The van der Waals surface area contributed by atoms with Crippen molar-refractivity contribution in [3.63, 3.8) is 0 Å². The van der Waals surface area contributed by atoms with Crippen LogP contribution in [0.15, 0.2) is 0 Å². The van der Waals surface area contributed by atoms with E-state index < -0.39 is 0 Å². The molecule has 0 heterocycles. The monoisotopic (exact) mass is 205 g/mol. The summed E-state index contributed by atoms with van der Waals surface area (Å²) in [5.74, 6) is 0.813. The predicted octanol–water partition coefficient (Wildman–Crippen LogP) is 0.576. The van der Waals surface area contributed by atoms with E-state index in [4.69, 9.17) is 15.6 Å². The molecule has 86 valence electrons. The number of Topliss-reactive ketones (excluding diaryl/α,β-unsaturated/α-hetero) is 1. The van der Waals surface area contributed by atoms with Gasteiger partial charge in [-0.15, -0.1) is 0 Å². The van der Waals surface area contributed by atoms with Gasteiger partial charge in [0.15, 0.2) is 0 Å². The molecule has 0 amide bonds. The van der Waals surface area contributed by atoms with E-state index in [0.717, 1.165) is 6.42 Å². The van der Waals surface area contributed by atoms with E-state index in [1.165, 1.54) is 0 Å². The molecule has 0 aliphatic carbocycles. The molecule has 0 saturated heterocycles. The molecule has 0 rings (SSSR count). The molecule has 4 nitrogen and oxygen atoms in total. The molecule has 0 aromatic rings. The molecule has 0 atom stereocenters. The van der Waals surface area contributed by atoms with Gasteiger partial charge in [0.25, 0.3) is 0 Å². The summed E-state index contributed by atoms with van der Waals surface area (Å²) in [7, 11) is 0. The molecular weight excluding hydrogens is 182 g/mol. The Hall–Kier alpha value is -0.450. The fourth-order valence-electron chi connectivity index (χ4n) is 0.825. The highest BCUT2D eigenvalue weighted by Gasteiger charge is 1.95. The summed E-state index contributed by atoms with van der Waals surface area (Å²) in [6.45, 7) is 7.26. The van der Waals surface area contributed by atoms with Crippen LogP contribution in [-0.4, -0.2) is 37.3 Å². The lowest BCUT2D eigenvalue weighted by Gasteiger charge is -1.95. The third-order valence-electron chi connectivity index (χ3n) is 1.19. The Labute approximate surface area is 86.4 Å². The number of nitrogens with two attached hydrogens (primary N) is 1. The van der Waals surface area contributed by atoms with Crippen molar-refractivity contribution >= 4 is 5.78 Å². The molecule has 0 aliphatic heterocycles. The molecule has 14 heavy (non-hydrogen) atoms. The number of ether oxygens (including phenoxy) is 1. The van der Waals surface area contributed by atoms with Crippen LogP contribution < -0.4 is 5.73 Å². The maximum atomic E-state index is 10.3. The third kappa shape index (κ3) is 22.6. The Balaban J connectivity index is 0. The summed E-state index contributed by atoms with van der Waals surface area (Å²) in [5, 5.41) is 8.13. The summed E-state index contributed by atoms with van der Waals surface area (Å²) in [6.07, 6.45) is 0.722. The highest BCUT2D eigenvalue weighted by molar-refractivity contribution is 5.75. The maximum absolute atomic E-state index is 10.3. The molecule has 0 spiro atoms. The second kappa shape index (κ2) is 12.6. The zero-order chi connectivity index (χ0) is 11.4. The van der Waals surface area contributed by atoms with Crippen LogP contribution in [0.2, 0.25) is 0 Å². The molecule has 3 N–H and O–H groups in total. The third-order valence-corrected chi connectivity index (χ3v) is 1.19. The van der Waals surface area contributed by atoms with Crippen molar-refractivity contribution in [2.24, 2.45) is 11.7 Å². The second-order valence-corrected chi connectivity index (χ2v) is 3.42. The van der Waals surface area contributed by atoms with Crippen molar-refractivity contribution in [1.82, 2.24) is 0 Å². The minimum atomic E-state index is 0.0833. The Morgan fingerprint density at radius 3 is 2.21 bits per heavy atom. The second-order valence-electron chi connectivity index (χ2n) is 3.42. The van der Waals surface area contributed by atoms with Gasteiger partial charge in [0.05, 0.1) is 19.8 Å². The number of rotatable bonds is 6. The number of aliphatic hydroxyl groups is 1. The van der Waals surface area contributed by atoms with Crippen molar-refractivity contribution in [2.45, 2.75) is 27.2 Å². The highest BCUT2D eigenvalue weighted by Crippen LogP contribution is 1.97. The standard InChI is InChI=1S/C6H12O.C4H11NO2/c1-5(2)4-6(3)7;5-1-3-7-4-2-6/h5H,4H2,1-3H3;6H,1-5H2. The lowest BCUT2D eigenvalue weighted by molar-refractivity contribution is -0.117. The van der Waals surface area contributed by atoms with E-state index in [-0.39, 0.29) is 12.4 Å². The zero-order valence-electron chi connectivity index (χ0n) is 9.45. The summed E-state index contributed by atoms with van der Waals surface area (Å²) in [4.78, 5) is 10.3. The van der Waals surface area contributed by atoms with Gasteiger partial charge in [-0.05, 0) is 12.8 Å². The van der Waals surface area contributed by atoms with Crippen molar-refractivity contribution in [3.05, 3.63) is 0 Å². The van der Waals surface area contributed by atoms with E-state index in [1.807, 2.05) is 13.8 Å². The molecule has 0 radical (unpaired) electrons. The number of carbonyl (C=O) groups is 1. The van der Waals surface area contributed by atoms with Crippen LogP contribution in [0.25, 0.3) is 0 Å². The first-order chi connectivity index (χ1) is 6.54. The summed E-state index contributed by atoms with van der Waals surface area (Å²) >= 11 is 0. The Morgan fingerprint density at radius 1 is 1.43 bits per heavy atom. The normalized spacial score (nSPS) is 9.57. The lowest BCUT2D eigenvalue weighted by Crippen LogP contribution is -2.10. The average Bonchev–Trinajstić information content (AvgIpc) is 2.04. The molecule has 0 fully saturated rings. The van der Waals surface area contributed by atoms with E-state index in [2.05, 4.69) is 0 Å². The summed E-state index contributed by atoms with van der Waals surface area (Å²) in [5.41, 5.74) is 5.06. The van der Waals surface area contributed by atoms with E-state index >= 15 is 0 Å². The SMILES string of the molecule is CC(=O)CC(C)C.NCCOCCO. The Kier molecular flexibility index (Phi) is 14.3. The van der Waals surface area contributed by atoms with Gasteiger partial charge in [-0.1, -0.05) is 13.8 Å². The highest BCUT2D eigenvalue weighted by atomic mass is 16.5. The van der Waals surface area contributed by atoms with Crippen LogP contribution in [0.1, 0.15) is 27.2 Å². The topological polar surface area (TPSA) is 72.6 Å². The fraction of sp³-hybridized carbons (Fsp3) is 0.900. The largest absolute Gasteiger partial charge is 0.394 e. The summed E-state index contributed by atoms with van der Waals surface area (Å²) in [6, 6.07) is 0. The lowest BCUT2D eigenvalue weighted by atomic mass is 10.1. The van der Waals surface area contributed by atoms with Gasteiger partial charge in [-0.2, -0.15) is 0 Å². The van der Waals surface area contributed by atoms with Gasteiger partial charge < -0.3 is 20.4 Å². The molecule has 0 aliphatic rings. The van der Waals surface area contributed by atoms with Crippen LogP contribution in [0, 0.1) is 5.92 Å². The van der Waals surface area contributed by atoms with Crippen molar-refractivity contribution < 1.29 is 14.6 Å². The van der Waals surface area contributed by atoms with E-state index in [0.29, 0.717) is 25.7 Å². The molecule has 0 bridgehead atoms. The maximum Gasteiger partial charge on any atom is 0.130 e. The number of ketones is 1. The van der Waals surface area contributed by atoms with Crippen LogP contribution in [0.5, 0.6) is 0 Å². The predicted molar refractivity (Wildman–Crippen MR) is 57.1 cm³/mol. The fourth-order valence-corrected chi connectivity index (χ4v) is 0.825.